The zero-order valence-corrected chi connectivity index (χ0v) is 12.4. The van der Waals surface area contributed by atoms with Crippen molar-refractivity contribution in [3.05, 3.63) is 53.8 Å². The second-order valence-electron chi connectivity index (χ2n) is 4.88. The quantitative estimate of drug-likeness (QED) is 0.300. The van der Waals surface area contributed by atoms with Gasteiger partial charge < -0.3 is 5.11 Å². The van der Waals surface area contributed by atoms with Crippen LogP contribution in [0.2, 0.25) is 0 Å². The Kier molecular flexibility index (Phi) is 7.99. The third-order valence-corrected chi connectivity index (χ3v) is 3.04. The van der Waals surface area contributed by atoms with Crippen LogP contribution in [0.4, 0.5) is 0 Å². The number of hydrogen-bond donors (Lipinski definition) is 1. The van der Waals surface area contributed by atoms with Crippen LogP contribution in [0.3, 0.4) is 0 Å². The lowest BCUT2D eigenvalue weighted by molar-refractivity contribution is 0.436. The van der Waals surface area contributed by atoms with Gasteiger partial charge in [-0.1, -0.05) is 75.3 Å². The van der Waals surface area contributed by atoms with Gasteiger partial charge >= 0.3 is 0 Å². The van der Waals surface area contributed by atoms with E-state index in [2.05, 4.69) is 25.3 Å². The van der Waals surface area contributed by atoms with E-state index in [1.165, 1.54) is 32.1 Å². The molecule has 0 bridgehead atoms. The molecule has 0 amide bonds. The zero-order valence-electron chi connectivity index (χ0n) is 12.4. The van der Waals surface area contributed by atoms with Gasteiger partial charge in [-0.05, 0) is 24.1 Å². The fourth-order valence-corrected chi connectivity index (χ4v) is 1.92. The summed E-state index contributed by atoms with van der Waals surface area (Å²) in [5.74, 6) is 6.51. The van der Waals surface area contributed by atoms with Gasteiger partial charge in [-0.3, -0.25) is 0 Å². The van der Waals surface area contributed by atoms with Crippen LogP contribution in [-0.4, -0.2) is 5.11 Å². The Hall–Kier alpha value is -1.94. The second-order valence-corrected chi connectivity index (χ2v) is 4.88. The van der Waals surface area contributed by atoms with Gasteiger partial charge in [0, 0.05) is 12.0 Å². The fraction of sp³-hybridized carbons (Fsp3) is 0.368. The Morgan fingerprint density at radius 3 is 2.70 bits per heavy atom. The first kappa shape index (κ1) is 16.1. The smallest absolute Gasteiger partial charge is 0.108 e. The molecule has 1 N–H and O–H groups in total. The molecule has 106 valence electrons. The summed E-state index contributed by atoms with van der Waals surface area (Å²) in [7, 11) is 0. The minimum Gasteiger partial charge on any atom is -0.509 e. The molecule has 0 spiro atoms. The summed E-state index contributed by atoms with van der Waals surface area (Å²) in [4.78, 5) is 0. The molecule has 0 saturated carbocycles. The van der Waals surface area contributed by atoms with Gasteiger partial charge in [0.05, 0.1) is 0 Å². The topological polar surface area (TPSA) is 20.2 Å². The summed E-state index contributed by atoms with van der Waals surface area (Å²) >= 11 is 0. The molecule has 0 heterocycles. The van der Waals surface area contributed by atoms with Crippen molar-refractivity contribution in [1.82, 2.24) is 0 Å². The highest BCUT2D eigenvalue weighted by molar-refractivity contribution is 5.60. The van der Waals surface area contributed by atoms with Crippen molar-refractivity contribution < 1.29 is 5.11 Å². The van der Waals surface area contributed by atoms with Crippen LogP contribution in [0, 0.1) is 11.8 Å². The average Bonchev–Trinajstić information content (AvgIpc) is 2.45. The maximum absolute atomic E-state index is 9.10. The number of rotatable bonds is 7. The van der Waals surface area contributed by atoms with E-state index in [1.807, 2.05) is 30.3 Å². The van der Waals surface area contributed by atoms with Crippen molar-refractivity contribution >= 4 is 6.08 Å². The summed E-state index contributed by atoms with van der Waals surface area (Å²) in [6.07, 6.45) is 10.8. The highest BCUT2D eigenvalue weighted by Crippen LogP contribution is 2.11. The van der Waals surface area contributed by atoms with Gasteiger partial charge in [-0.15, -0.1) is 0 Å². The number of unbranched alkanes of at least 4 members (excludes halogenated alkanes) is 5. The normalized spacial score (nSPS) is 10.2. The first-order valence-corrected chi connectivity index (χ1v) is 7.38. The number of aliphatic hydroxyl groups excluding tert-OH is 1. The standard InChI is InChI=1S/C19H24O/c1-3-4-5-6-7-8-9-12-18-13-10-11-14-19(18)16-15-17(2)20/h10-11,13-16,20H,2-8H2,1H3/b16-15+. The Morgan fingerprint density at radius 2 is 1.95 bits per heavy atom. The zero-order chi connectivity index (χ0) is 14.6. The van der Waals surface area contributed by atoms with Crippen molar-refractivity contribution in [3.8, 4) is 11.8 Å². The summed E-state index contributed by atoms with van der Waals surface area (Å²) in [6.45, 7) is 5.67. The van der Waals surface area contributed by atoms with E-state index < -0.39 is 0 Å². The second kappa shape index (κ2) is 9.92. The van der Waals surface area contributed by atoms with Crippen molar-refractivity contribution in [2.24, 2.45) is 0 Å². The van der Waals surface area contributed by atoms with Gasteiger partial charge in [0.25, 0.3) is 0 Å². The summed E-state index contributed by atoms with van der Waals surface area (Å²) in [6, 6.07) is 7.95. The Labute approximate surface area is 123 Å². The molecule has 20 heavy (non-hydrogen) atoms. The van der Waals surface area contributed by atoms with Gasteiger partial charge in [-0.2, -0.15) is 0 Å². The molecule has 0 radical (unpaired) electrons. The summed E-state index contributed by atoms with van der Waals surface area (Å²) in [5.41, 5.74) is 2.01. The molecule has 0 aromatic heterocycles. The average molecular weight is 268 g/mol. The van der Waals surface area contributed by atoms with Crippen LogP contribution in [0.1, 0.15) is 56.6 Å². The van der Waals surface area contributed by atoms with Gasteiger partial charge in [-0.25, -0.2) is 0 Å². The molecule has 1 aromatic rings. The minimum atomic E-state index is 0.0590. The molecule has 0 aliphatic rings. The lowest BCUT2D eigenvalue weighted by atomic mass is 10.1. The van der Waals surface area contributed by atoms with Crippen LogP contribution in [0.15, 0.2) is 42.7 Å². The first-order chi connectivity index (χ1) is 9.74. The Bertz CT molecular complexity index is 500. The van der Waals surface area contributed by atoms with Crippen molar-refractivity contribution in [2.75, 3.05) is 0 Å². The maximum Gasteiger partial charge on any atom is 0.108 e. The van der Waals surface area contributed by atoms with Crippen LogP contribution in [0.5, 0.6) is 0 Å². The molecule has 0 aliphatic carbocycles. The first-order valence-electron chi connectivity index (χ1n) is 7.38. The monoisotopic (exact) mass is 268 g/mol. The van der Waals surface area contributed by atoms with Crippen molar-refractivity contribution in [1.29, 1.82) is 0 Å². The minimum absolute atomic E-state index is 0.0590. The van der Waals surface area contributed by atoms with E-state index in [0.29, 0.717) is 0 Å². The number of allylic oxidation sites excluding steroid dienone is 1. The molecule has 0 unspecified atom stereocenters. The molecule has 1 rings (SSSR count). The van der Waals surface area contributed by atoms with Crippen LogP contribution in [-0.2, 0) is 0 Å². The summed E-state index contributed by atoms with van der Waals surface area (Å²) < 4.78 is 0. The van der Waals surface area contributed by atoms with Gasteiger partial charge in [0.1, 0.15) is 5.76 Å². The summed E-state index contributed by atoms with van der Waals surface area (Å²) in [5, 5.41) is 9.10. The van der Waals surface area contributed by atoms with Crippen molar-refractivity contribution in [2.45, 2.75) is 45.4 Å². The highest BCUT2D eigenvalue weighted by atomic mass is 16.3. The lowest BCUT2D eigenvalue weighted by Crippen LogP contribution is -1.82. The van der Waals surface area contributed by atoms with Crippen LogP contribution < -0.4 is 0 Å². The maximum atomic E-state index is 9.10. The molecule has 1 aromatic carbocycles. The van der Waals surface area contributed by atoms with Gasteiger partial charge in [0.2, 0.25) is 0 Å². The third kappa shape index (κ3) is 6.85. The lowest BCUT2D eigenvalue weighted by Gasteiger charge is -1.98. The third-order valence-electron chi connectivity index (χ3n) is 3.04. The fourth-order valence-electron chi connectivity index (χ4n) is 1.92. The van der Waals surface area contributed by atoms with E-state index in [1.54, 1.807) is 6.08 Å². The van der Waals surface area contributed by atoms with E-state index in [4.69, 9.17) is 5.11 Å². The van der Waals surface area contributed by atoms with Gasteiger partial charge in [0.15, 0.2) is 0 Å². The molecule has 1 nitrogen and oxygen atoms in total. The van der Waals surface area contributed by atoms with E-state index in [-0.39, 0.29) is 5.76 Å². The van der Waals surface area contributed by atoms with Crippen molar-refractivity contribution in [3.63, 3.8) is 0 Å². The molecule has 0 saturated heterocycles. The van der Waals surface area contributed by atoms with E-state index in [0.717, 1.165) is 17.5 Å². The number of aliphatic hydroxyl groups is 1. The van der Waals surface area contributed by atoms with Crippen LogP contribution in [0.25, 0.3) is 6.08 Å². The largest absolute Gasteiger partial charge is 0.509 e. The predicted molar refractivity (Wildman–Crippen MR) is 87.5 cm³/mol. The Balaban J connectivity index is 2.53. The molecule has 0 fully saturated rings. The molecular formula is C19H24O. The highest BCUT2D eigenvalue weighted by Gasteiger charge is 1.94. The predicted octanol–water partition coefficient (Wildman–Crippen LogP) is 5.48. The number of benzene rings is 1. The number of hydrogen-bond acceptors (Lipinski definition) is 1. The molecule has 0 atom stereocenters. The SMILES string of the molecule is C=C(O)/C=C/c1ccccc1C#CCCCCCCC. The molecular weight excluding hydrogens is 244 g/mol. The van der Waals surface area contributed by atoms with E-state index >= 15 is 0 Å². The molecule has 0 aliphatic heterocycles. The van der Waals surface area contributed by atoms with Crippen LogP contribution >= 0.6 is 0 Å². The van der Waals surface area contributed by atoms with E-state index in [9.17, 15) is 0 Å². The molecule has 1 heteroatoms. The Morgan fingerprint density at radius 1 is 1.20 bits per heavy atom.